The number of fused-ring (bicyclic) bond motifs is 1. The van der Waals surface area contributed by atoms with Crippen molar-refractivity contribution in [2.24, 2.45) is 22.4 Å². The first-order valence-corrected chi connectivity index (χ1v) is 8.37. The van der Waals surface area contributed by atoms with Crippen molar-refractivity contribution in [1.29, 1.82) is 0 Å². The van der Waals surface area contributed by atoms with Gasteiger partial charge in [-0.05, 0) is 31.4 Å². The predicted octanol–water partition coefficient (Wildman–Crippen LogP) is 1.49. The number of amides is 1. The molecule has 0 fully saturated rings. The second-order valence-corrected chi connectivity index (χ2v) is 6.37. The number of aliphatic imine (C=N–C) groups is 1. The van der Waals surface area contributed by atoms with Gasteiger partial charge in [0.05, 0.1) is 5.69 Å². The van der Waals surface area contributed by atoms with Crippen LogP contribution in [-0.4, -0.2) is 28.4 Å². The van der Waals surface area contributed by atoms with Crippen molar-refractivity contribution in [2.75, 3.05) is 5.32 Å². The van der Waals surface area contributed by atoms with Crippen LogP contribution in [0.4, 0.5) is 10.8 Å². The summed E-state index contributed by atoms with van der Waals surface area (Å²) in [5.74, 6) is 0.0123. The van der Waals surface area contributed by atoms with E-state index in [9.17, 15) is 4.79 Å². The van der Waals surface area contributed by atoms with Crippen LogP contribution >= 0.6 is 11.3 Å². The zero-order valence-electron chi connectivity index (χ0n) is 13.4. The molecule has 1 heterocycles. The van der Waals surface area contributed by atoms with E-state index in [-0.39, 0.29) is 24.3 Å². The first kappa shape index (κ1) is 18.4. The van der Waals surface area contributed by atoms with Crippen LogP contribution in [0.3, 0.4) is 0 Å². The Morgan fingerprint density at radius 2 is 2.04 bits per heavy atom. The number of hydrogen-bond acceptors (Lipinski definition) is 5. The Bertz CT molecular complexity index is 756. The van der Waals surface area contributed by atoms with Gasteiger partial charge in [0.15, 0.2) is 5.96 Å². The summed E-state index contributed by atoms with van der Waals surface area (Å²) in [5, 5.41) is 10.4. The van der Waals surface area contributed by atoms with Gasteiger partial charge in [0.1, 0.15) is 0 Å². The van der Waals surface area contributed by atoms with Gasteiger partial charge in [-0.2, -0.15) is 4.99 Å². The molecule has 0 saturated carbocycles. The summed E-state index contributed by atoms with van der Waals surface area (Å²) in [6.45, 7) is -0.250. The van der Waals surface area contributed by atoms with E-state index < -0.39 is 0 Å². The van der Waals surface area contributed by atoms with Crippen molar-refractivity contribution in [3.63, 3.8) is 0 Å². The molecule has 0 bridgehead atoms. The van der Waals surface area contributed by atoms with Crippen molar-refractivity contribution in [2.45, 2.75) is 19.3 Å². The molecule has 0 radical (unpaired) electrons. The summed E-state index contributed by atoms with van der Waals surface area (Å²) in [5.41, 5.74) is 12.6. The average molecular weight is 361 g/mol. The molecule has 0 aliphatic heterocycles. The molecular weight excluding hydrogens is 342 g/mol. The molecule has 2 aromatic rings. The number of carbonyl (C=O) groups is 2. The van der Waals surface area contributed by atoms with E-state index in [4.69, 9.17) is 21.4 Å². The smallest absolute Gasteiger partial charge is 0.290 e. The van der Waals surface area contributed by atoms with Crippen LogP contribution in [0.5, 0.6) is 0 Å². The molecule has 1 aromatic heterocycles. The molecule has 9 heteroatoms. The Morgan fingerprint density at radius 1 is 1.36 bits per heavy atom. The molecule has 0 saturated heterocycles. The number of aromatic nitrogens is 1. The van der Waals surface area contributed by atoms with Crippen LogP contribution in [-0.2, 0) is 22.4 Å². The Labute approximate surface area is 148 Å². The molecular formula is C16H19N5O3S. The number of para-hydroxylation sites is 1. The third-order valence-corrected chi connectivity index (χ3v) is 4.58. The molecule has 0 spiro atoms. The predicted molar refractivity (Wildman–Crippen MR) is 96.9 cm³/mol. The number of nitrogens with one attached hydrogen (secondary N) is 1. The number of aryl methyl sites for hydroxylation is 1. The number of thiazole rings is 1. The fourth-order valence-electron chi connectivity index (χ4n) is 2.51. The number of nitrogens with two attached hydrogens (primary N) is 2. The lowest BCUT2D eigenvalue weighted by Crippen LogP contribution is -2.27. The summed E-state index contributed by atoms with van der Waals surface area (Å²) >= 11 is 1.45. The van der Waals surface area contributed by atoms with E-state index in [0.29, 0.717) is 11.6 Å². The maximum atomic E-state index is 12.4. The quantitative estimate of drug-likeness (QED) is 0.370. The lowest BCUT2D eigenvalue weighted by atomic mass is 9.90. The Balaban J connectivity index is 0.000000701. The fraction of sp³-hybridized carbons (Fsp3) is 0.250. The average Bonchev–Trinajstić information content (AvgIpc) is 2.96. The number of anilines is 1. The zero-order valence-corrected chi connectivity index (χ0v) is 14.2. The number of nitrogens with zero attached hydrogens (tertiary/aromatic N) is 2. The van der Waals surface area contributed by atoms with E-state index in [1.54, 1.807) is 0 Å². The maximum Gasteiger partial charge on any atom is 0.290 e. The van der Waals surface area contributed by atoms with E-state index >= 15 is 0 Å². The van der Waals surface area contributed by atoms with Gasteiger partial charge in [0.25, 0.3) is 6.47 Å². The molecule has 25 heavy (non-hydrogen) atoms. The summed E-state index contributed by atoms with van der Waals surface area (Å²) < 4.78 is 0. The van der Waals surface area contributed by atoms with Crippen LogP contribution in [0.1, 0.15) is 17.0 Å². The first-order valence-electron chi connectivity index (χ1n) is 7.55. The molecule has 6 N–H and O–H groups in total. The monoisotopic (exact) mass is 361 g/mol. The van der Waals surface area contributed by atoms with E-state index in [1.165, 1.54) is 11.3 Å². The van der Waals surface area contributed by atoms with E-state index in [1.807, 2.05) is 30.3 Å². The lowest BCUT2D eigenvalue weighted by molar-refractivity contribution is -0.123. The summed E-state index contributed by atoms with van der Waals surface area (Å²) in [7, 11) is 0. The van der Waals surface area contributed by atoms with E-state index in [0.717, 1.165) is 29.1 Å². The fourth-order valence-corrected chi connectivity index (χ4v) is 3.59. The SMILES string of the molecule is NC(N)=Nc1nc2c(s1)C[C@@H](C(=O)Nc1ccccc1)CC2.O=CO. The molecule has 1 aliphatic rings. The lowest BCUT2D eigenvalue weighted by Gasteiger charge is -2.20. The van der Waals surface area contributed by atoms with Crippen molar-refractivity contribution < 1.29 is 14.7 Å². The van der Waals surface area contributed by atoms with Gasteiger partial charge in [-0.1, -0.05) is 29.5 Å². The van der Waals surface area contributed by atoms with Gasteiger partial charge in [-0.25, -0.2) is 4.98 Å². The zero-order chi connectivity index (χ0) is 18.2. The van der Waals surface area contributed by atoms with Crippen molar-refractivity contribution in [3.8, 4) is 0 Å². The topological polar surface area (TPSA) is 144 Å². The standard InChI is InChI=1S/C15H17N5OS.CH2O2/c16-14(17)20-15-19-11-7-6-9(8-12(11)22-15)13(21)18-10-4-2-1-3-5-10;2-1-3/h1-5,9H,6-8H2,(H,18,21)(H4,16,17,19,20);1H,(H,2,3)/t9-;/m0./s1. The van der Waals surface area contributed by atoms with Crippen LogP contribution in [0.2, 0.25) is 0 Å². The molecule has 1 amide bonds. The van der Waals surface area contributed by atoms with Gasteiger partial charge in [-0.3, -0.25) is 9.59 Å². The third-order valence-electron chi connectivity index (χ3n) is 3.57. The summed E-state index contributed by atoms with van der Waals surface area (Å²) in [6, 6.07) is 9.50. The minimum atomic E-state index is -0.250. The van der Waals surface area contributed by atoms with Crippen LogP contribution in [0.15, 0.2) is 35.3 Å². The number of rotatable bonds is 3. The Kier molecular flexibility index (Phi) is 6.47. The second kappa shape index (κ2) is 8.78. The molecule has 132 valence electrons. The van der Waals surface area contributed by atoms with Gasteiger partial charge >= 0.3 is 0 Å². The van der Waals surface area contributed by atoms with E-state index in [2.05, 4.69) is 15.3 Å². The molecule has 8 nitrogen and oxygen atoms in total. The highest BCUT2D eigenvalue weighted by molar-refractivity contribution is 7.15. The van der Waals surface area contributed by atoms with Gasteiger partial charge in [-0.15, -0.1) is 0 Å². The number of guanidine groups is 1. The minimum absolute atomic E-state index is 0.00414. The summed E-state index contributed by atoms with van der Waals surface area (Å²) in [4.78, 5) is 30.2. The van der Waals surface area contributed by atoms with Crippen molar-refractivity contribution in [1.82, 2.24) is 4.98 Å². The largest absolute Gasteiger partial charge is 0.483 e. The minimum Gasteiger partial charge on any atom is -0.483 e. The molecule has 1 atom stereocenters. The molecule has 1 aromatic carbocycles. The summed E-state index contributed by atoms with van der Waals surface area (Å²) in [6.07, 6.45) is 2.25. The Hall–Kier alpha value is -2.94. The highest BCUT2D eigenvalue weighted by Crippen LogP contribution is 2.34. The highest BCUT2D eigenvalue weighted by atomic mass is 32.1. The van der Waals surface area contributed by atoms with Crippen molar-refractivity contribution in [3.05, 3.63) is 40.9 Å². The van der Waals surface area contributed by atoms with Gasteiger partial charge in [0.2, 0.25) is 11.0 Å². The third kappa shape index (κ3) is 5.28. The van der Waals surface area contributed by atoms with Crippen molar-refractivity contribution >= 4 is 40.5 Å². The normalized spacial score (nSPS) is 15.1. The van der Waals surface area contributed by atoms with Gasteiger partial charge in [0, 0.05) is 16.5 Å². The number of carbonyl (C=O) groups excluding carboxylic acids is 1. The maximum absolute atomic E-state index is 12.4. The second-order valence-electron chi connectivity index (χ2n) is 5.30. The van der Waals surface area contributed by atoms with Crippen LogP contribution in [0.25, 0.3) is 0 Å². The van der Waals surface area contributed by atoms with Crippen LogP contribution in [0, 0.1) is 5.92 Å². The Morgan fingerprint density at radius 3 is 2.68 bits per heavy atom. The molecule has 1 aliphatic carbocycles. The molecule has 0 unspecified atom stereocenters. The number of carboxylic acid groups (broad SMARTS) is 1. The number of benzene rings is 1. The van der Waals surface area contributed by atoms with Gasteiger partial charge < -0.3 is 21.9 Å². The molecule has 3 rings (SSSR count). The highest BCUT2D eigenvalue weighted by Gasteiger charge is 2.27. The van der Waals surface area contributed by atoms with Crippen LogP contribution < -0.4 is 16.8 Å². The first-order chi connectivity index (χ1) is 12.0. The number of hydrogen-bond donors (Lipinski definition) is 4.